The Morgan fingerprint density at radius 2 is 2.04 bits per heavy atom. The van der Waals surface area contributed by atoms with Crippen molar-refractivity contribution in [2.45, 2.75) is 45.4 Å². The zero-order valence-corrected chi connectivity index (χ0v) is 15.2. The summed E-state index contributed by atoms with van der Waals surface area (Å²) in [7, 11) is 1.28. The van der Waals surface area contributed by atoms with Crippen molar-refractivity contribution in [2.24, 2.45) is 0 Å². The lowest BCUT2D eigenvalue weighted by molar-refractivity contribution is -0.0571. The van der Waals surface area contributed by atoms with Gasteiger partial charge in [0.25, 0.3) is 0 Å². The molecule has 2 heterocycles. The molecule has 1 aromatic rings. The molecule has 1 saturated heterocycles. The average molecular weight is 351 g/mol. The molecule has 1 aliphatic rings. The van der Waals surface area contributed by atoms with E-state index >= 15 is 0 Å². The minimum atomic E-state index is -0.624. The molecule has 0 bridgehead atoms. The van der Waals surface area contributed by atoms with Crippen molar-refractivity contribution < 1.29 is 23.8 Å². The van der Waals surface area contributed by atoms with Gasteiger partial charge in [-0.1, -0.05) is 0 Å². The second kappa shape index (κ2) is 7.26. The lowest BCUT2D eigenvalue weighted by Gasteiger charge is -2.41. The zero-order valence-electron chi connectivity index (χ0n) is 15.2. The minimum absolute atomic E-state index is 0.120. The molecule has 0 spiro atoms. The molecule has 1 fully saturated rings. The van der Waals surface area contributed by atoms with Gasteiger partial charge < -0.3 is 19.9 Å². The Morgan fingerprint density at radius 3 is 2.64 bits per heavy atom. The van der Waals surface area contributed by atoms with Crippen molar-refractivity contribution in [3.05, 3.63) is 23.5 Å². The van der Waals surface area contributed by atoms with Crippen molar-refractivity contribution >= 4 is 17.7 Å². The maximum atomic E-state index is 12.7. The van der Waals surface area contributed by atoms with Crippen LogP contribution in [0.3, 0.4) is 0 Å². The van der Waals surface area contributed by atoms with Crippen LogP contribution in [0, 0.1) is 0 Å². The lowest BCUT2D eigenvalue weighted by atomic mass is 10.0. The zero-order chi connectivity index (χ0) is 18.8. The van der Waals surface area contributed by atoms with Gasteiger partial charge in [-0.2, -0.15) is 0 Å². The molecule has 8 heteroatoms. The van der Waals surface area contributed by atoms with E-state index in [-0.39, 0.29) is 18.3 Å². The maximum Gasteiger partial charge on any atom is 0.411 e. The van der Waals surface area contributed by atoms with Crippen LogP contribution in [0.4, 0.5) is 10.5 Å². The number of carbonyl (C=O) groups excluding carboxylic acids is 2. The van der Waals surface area contributed by atoms with Crippen LogP contribution >= 0.6 is 0 Å². The maximum absolute atomic E-state index is 12.7. The van der Waals surface area contributed by atoms with E-state index in [1.165, 1.54) is 19.4 Å². The second-order valence-electron chi connectivity index (χ2n) is 6.98. The number of rotatable bonds is 2. The SMILES string of the molecule is COC(=O)c1cc([C@@H]2COC[C@@H](C)N2C(=O)OC(C)(C)C)c(N)cn1. The van der Waals surface area contributed by atoms with Gasteiger partial charge in [0.15, 0.2) is 0 Å². The van der Waals surface area contributed by atoms with Crippen LogP contribution in [0.25, 0.3) is 0 Å². The highest BCUT2D eigenvalue weighted by Gasteiger charge is 2.37. The van der Waals surface area contributed by atoms with E-state index in [4.69, 9.17) is 19.9 Å². The van der Waals surface area contributed by atoms with Gasteiger partial charge in [-0.15, -0.1) is 0 Å². The topological polar surface area (TPSA) is 104 Å². The van der Waals surface area contributed by atoms with Gasteiger partial charge in [0.1, 0.15) is 11.3 Å². The van der Waals surface area contributed by atoms with Gasteiger partial charge >= 0.3 is 12.1 Å². The van der Waals surface area contributed by atoms with Crippen molar-refractivity contribution in [1.29, 1.82) is 0 Å². The van der Waals surface area contributed by atoms with E-state index in [1.54, 1.807) is 25.7 Å². The van der Waals surface area contributed by atoms with Crippen LogP contribution in [0.5, 0.6) is 0 Å². The third-order valence-corrected chi connectivity index (χ3v) is 3.77. The lowest BCUT2D eigenvalue weighted by Crippen LogP contribution is -2.51. The summed E-state index contributed by atoms with van der Waals surface area (Å²) < 4.78 is 15.8. The Bertz CT molecular complexity index is 656. The third-order valence-electron chi connectivity index (χ3n) is 3.77. The fourth-order valence-electron chi connectivity index (χ4n) is 2.67. The number of nitrogens with two attached hydrogens (primary N) is 1. The number of anilines is 1. The highest BCUT2D eigenvalue weighted by Crippen LogP contribution is 2.32. The van der Waals surface area contributed by atoms with Gasteiger partial charge in [-0.05, 0) is 33.8 Å². The highest BCUT2D eigenvalue weighted by molar-refractivity contribution is 5.87. The summed E-state index contributed by atoms with van der Waals surface area (Å²) in [5.74, 6) is -0.574. The third kappa shape index (κ3) is 4.39. The molecule has 0 aliphatic carbocycles. The molecule has 1 amide bonds. The largest absolute Gasteiger partial charge is 0.464 e. The number of ether oxygens (including phenoxy) is 3. The minimum Gasteiger partial charge on any atom is -0.464 e. The predicted molar refractivity (Wildman–Crippen MR) is 91.1 cm³/mol. The first-order valence-electron chi connectivity index (χ1n) is 8.07. The molecule has 0 unspecified atom stereocenters. The summed E-state index contributed by atoms with van der Waals surface area (Å²) >= 11 is 0. The Morgan fingerprint density at radius 1 is 1.36 bits per heavy atom. The number of esters is 1. The standard InChI is InChI=1S/C17H25N3O5/c1-10-8-24-9-14(20(10)16(22)25-17(2,3)4)11-6-13(15(21)23-5)19-7-12(11)18/h6-7,10,14H,8-9,18H2,1-5H3/t10-,14+/m1/s1. The van der Waals surface area contributed by atoms with Gasteiger partial charge in [0.05, 0.1) is 44.3 Å². The Labute approximate surface area is 147 Å². The summed E-state index contributed by atoms with van der Waals surface area (Å²) in [4.78, 5) is 30.0. The number of pyridine rings is 1. The van der Waals surface area contributed by atoms with Crippen LogP contribution in [-0.4, -0.2) is 53.9 Å². The molecule has 138 valence electrons. The molecular weight excluding hydrogens is 326 g/mol. The average Bonchev–Trinajstić information content (AvgIpc) is 2.52. The van der Waals surface area contributed by atoms with Crippen LogP contribution < -0.4 is 5.73 Å². The first-order chi connectivity index (χ1) is 11.6. The molecule has 2 rings (SSSR count). The van der Waals surface area contributed by atoms with Gasteiger partial charge in [0, 0.05) is 5.56 Å². The van der Waals surface area contributed by atoms with Crippen molar-refractivity contribution in [2.75, 3.05) is 26.1 Å². The van der Waals surface area contributed by atoms with Crippen LogP contribution in [0.2, 0.25) is 0 Å². The molecule has 1 aromatic heterocycles. The monoisotopic (exact) mass is 351 g/mol. The van der Waals surface area contributed by atoms with Crippen LogP contribution in [0.1, 0.15) is 49.8 Å². The van der Waals surface area contributed by atoms with E-state index in [0.717, 1.165) is 0 Å². The van der Waals surface area contributed by atoms with Crippen LogP contribution in [-0.2, 0) is 14.2 Å². The molecule has 0 radical (unpaired) electrons. The number of nitrogens with zero attached hydrogens (tertiary/aromatic N) is 2. The molecule has 25 heavy (non-hydrogen) atoms. The van der Waals surface area contributed by atoms with Crippen molar-refractivity contribution in [1.82, 2.24) is 9.88 Å². The Hall–Kier alpha value is -2.35. The first-order valence-corrected chi connectivity index (χ1v) is 8.07. The number of hydrogen-bond donors (Lipinski definition) is 1. The van der Waals surface area contributed by atoms with Gasteiger partial charge in [0.2, 0.25) is 0 Å². The quantitative estimate of drug-likeness (QED) is 0.814. The van der Waals surface area contributed by atoms with Crippen molar-refractivity contribution in [3.63, 3.8) is 0 Å². The first kappa shape index (κ1) is 19.0. The fourth-order valence-corrected chi connectivity index (χ4v) is 2.67. The number of hydrogen-bond acceptors (Lipinski definition) is 7. The molecule has 1 aliphatic heterocycles. The number of morpholine rings is 1. The summed E-state index contributed by atoms with van der Waals surface area (Å²) in [6.07, 6.45) is 0.929. The van der Waals surface area contributed by atoms with E-state index in [0.29, 0.717) is 17.9 Å². The van der Waals surface area contributed by atoms with Crippen LogP contribution in [0.15, 0.2) is 12.3 Å². The van der Waals surface area contributed by atoms with E-state index in [2.05, 4.69) is 4.98 Å². The number of nitrogen functional groups attached to an aromatic ring is 1. The Balaban J connectivity index is 2.40. The fraction of sp³-hybridized carbons (Fsp3) is 0.588. The second-order valence-corrected chi connectivity index (χ2v) is 6.98. The number of aromatic nitrogens is 1. The molecular formula is C17H25N3O5. The van der Waals surface area contributed by atoms with Crippen molar-refractivity contribution in [3.8, 4) is 0 Å². The van der Waals surface area contributed by atoms with E-state index in [1.807, 2.05) is 6.92 Å². The van der Waals surface area contributed by atoms with E-state index < -0.39 is 23.7 Å². The molecule has 2 N–H and O–H groups in total. The summed E-state index contributed by atoms with van der Waals surface area (Å²) in [6.45, 7) is 7.93. The van der Waals surface area contributed by atoms with Gasteiger partial charge in [-0.25, -0.2) is 14.6 Å². The smallest absolute Gasteiger partial charge is 0.411 e. The molecule has 8 nitrogen and oxygen atoms in total. The number of amides is 1. The number of carbonyl (C=O) groups is 2. The normalized spacial score (nSPS) is 20.9. The molecule has 0 saturated carbocycles. The van der Waals surface area contributed by atoms with Gasteiger partial charge in [-0.3, -0.25) is 4.90 Å². The molecule has 0 aromatic carbocycles. The number of methoxy groups -OCH3 is 1. The summed E-state index contributed by atoms with van der Waals surface area (Å²) in [5.41, 5.74) is 6.48. The predicted octanol–water partition coefficient (Wildman–Crippen LogP) is 2.15. The molecule has 2 atom stereocenters. The highest BCUT2D eigenvalue weighted by atomic mass is 16.6. The summed E-state index contributed by atoms with van der Waals surface area (Å²) in [5, 5.41) is 0. The Kier molecular flexibility index (Phi) is 5.52. The summed E-state index contributed by atoms with van der Waals surface area (Å²) in [6, 6.07) is 0.845. The van der Waals surface area contributed by atoms with E-state index in [9.17, 15) is 9.59 Å².